The molecule has 0 radical (unpaired) electrons. The Balaban J connectivity index is 2.29. The van der Waals surface area contributed by atoms with Crippen molar-refractivity contribution in [3.8, 4) is 0 Å². The van der Waals surface area contributed by atoms with Crippen molar-refractivity contribution in [2.75, 3.05) is 4.72 Å². The molecular weight excluding hydrogens is 310 g/mol. The van der Waals surface area contributed by atoms with Crippen molar-refractivity contribution in [2.45, 2.75) is 4.90 Å². The lowest BCUT2D eigenvalue weighted by atomic mass is 10.2. The molecule has 2 aromatic carbocycles. The first-order valence-corrected chi connectivity index (χ1v) is 7.47. The average molecular weight is 321 g/mol. The van der Waals surface area contributed by atoms with Crippen LogP contribution in [0, 0.1) is 0 Å². The van der Waals surface area contributed by atoms with Gasteiger partial charge in [-0.2, -0.15) is 0 Å². The number of rotatable bonds is 5. The third-order valence-electron chi connectivity index (χ3n) is 2.78. The molecule has 0 heterocycles. The van der Waals surface area contributed by atoms with Crippen molar-refractivity contribution in [1.29, 1.82) is 0 Å². The number of sulfonamides is 1. The Bertz CT molecular complexity index is 827. The van der Waals surface area contributed by atoms with Gasteiger partial charge < -0.3 is 10.2 Å². The first-order valence-electron chi connectivity index (χ1n) is 5.99. The summed E-state index contributed by atoms with van der Waals surface area (Å²) in [6.07, 6.45) is 0. The van der Waals surface area contributed by atoms with Gasteiger partial charge in [0.1, 0.15) is 0 Å². The van der Waals surface area contributed by atoms with Crippen LogP contribution in [0.1, 0.15) is 20.7 Å². The van der Waals surface area contributed by atoms with Crippen molar-refractivity contribution < 1.29 is 28.2 Å². The largest absolute Gasteiger partial charge is 0.478 e. The van der Waals surface area contributed by atoms with Crippen LogP contribution in [-0.2, 0) is 10.0 Å². The van der Waals surface area contributed by atoms with E-state index in [1.54, 1.807) is 0 Å². The van der Waals surface area contributed by atoms with Gasteiger partial charge in [-0.15, -0.1) is 0 Å². The number of anilines is 1. The van der Waals surface area contributed by atoms with Crippen LogP contribution in [-0.4, -0.2) is 30.6 Å². The number of hydrogen-bond acceptors (Lipinski definition) is 4. The maximum atomic E-state index is 12.2. The number of carboxylic acid groups (broad SMARTS) is 2. The highest BCUT2D eigenvalue weighted by atomic mass is 32.2. The summed E-state index contributed by atoms with van der Waals surface area (Å²) in [5, 5.41) is 17.7. The quantitative estimate of drug-likeness (QED) is 0.773. The molecule has 0 atom stereocenters. The molecule has 0 aliphatic rings. The van der Waals surface area contributed by atoms with Crippen molar-refractivity contribution in [1.82, 2.24) is 0 Å². The molecule has 7 nitrogen and oxygen atoms in total. The first-order chi connectivity index (χ1) is 10.3. The Morgan fingerprint density at radius 1 is 0.864 bits per heavy atom. The summed E-state index contributed by atoms with van der Waals surface area (Å²) in [5.74, 6) is -2.36. The topological polar surface area (TPSA) is 121 Å². The highest BCUT2D eigenvalue weighted by molar-refractivity contribution is 7.92. The number of carboxylic acids is 2. The highest BCUT2D eigenvalue weighted by Gasteiger charge is 2.16. The fourth-order valence-corrected chi connectivity index (χ4v) is 2.80. The zero-order valence-corrected chi connectivity index (χ0v) is 11.9. The zero-order valence-electron chi connectivity index (χ0n) is 11.1. The molecule has 0 saturated carbocycles. The van der Waals surface area contributed by atoms with Crippen molar-refractivity contribution >= 4 is 27.6 Å². The van der Waals surface area contributed by atoms with Crippen LogP contribution in [0.25, 0.3) is 0 Å². The Hall–Kier alpha value is -2.87. The minimum atomic E-state index is -3.96. The predicted octanol–water partition coefficient (Wildman–Crippen LogP) is 1.88. The van der Waals surface area contributed by atoms with Gasteiger partial charge in [-0.05, 0) is 42.5 Å². The third-order valence-corrected chi connectivity index (χ3v) is 4.15. The molecule has 8 heteroatoms. The molecule has 0 saturated heterocycles. The van der Waals surface area contributed by atoms with Gasteiger partial charge in [0.2, 0.25) is 0 Å². The molecule has 0 fully saturated rings. The molecular formula is C14H11NO6S. The normalized spacial score (nSPS) is 10.9. The first kappa shape index (κ1) is 15.5. The van der Waals surface area contributed by atoms with Gasteiger partial charge in [0, 0.05) is 5.69 Å². The lowest BCUT2D eigenvalue weighted by molar-refractivity contribution is 0.0686. The van der Waals surface area contributed by atoms with E-state index in [2.05, 4.69) is 4.72 Å². The van der Waals surface area contributed by atoms with Crippen LogP contribution in [0.15, 0.2) is 53.4 Å². The SMILES string of the molecule is O=C(O)c1ccc(NS(=O)(=O)c2cccc(C(=O)O)c2)cc1. The fraction of sp³-hybridized carbons (Fsp3) is 0. The highest BCUT2D eigenvalue weighted by Crippen LogP contribution is 2.18. The zero-order chi connectivity index (χ0) is 16.3. The molecule has 3 N–H and O–H groups in total. The van der Waals surface area contributed by atoms with Gasteiger partial charge in [-0.25, -0.2) is 18.0 Å². The Labute approximate surface area is 125 Å². The molecule has 2 aromatic rings. The van der Waals surface area contributed by atoms with Crippen LogP contribution < -0.4 is 4.72 Å². The smallest absolute Gasteiger partial charge is 0.335 e. The number of benzene rings is 2. The van der Waals surface area contributed by atoms with Gasteiger partial charge in [-0.1, -0.05) is 6.07 Å². The van der Waals surface area contributed by atoms with Crippen LogP contribution >= 0.6 is 0 Å². The van der Waals surface area contributed by atoms with Gasteiger partial charge in [0.05, 0.1) is 16.0 Å². The van der Waals surface area contributed by atoms with Crippen molar-refractivity contribution in [2.24, 2.45) is 0 Å². The molecule has 2 rings (SSSR count). The standard InChI is InChI=1S/C14H11NO6S/c16-13(17)9-4-6-11(7-5-9)15-22(20,21)12-3-1-2-10(8-12)14(18)19/h1-8,15H,(H,16,17)(H,18,19). The molecule has 114 valence electrons. The van der Waals surface area contributed by atoms with Crippen LogP contribution in [0.2, 0.25) is 0 Å². The second kappa shape index (κ2) is 5.86. The monoisotopic (exact) mass is 321 g/mol. The summed E-state index contributed by atoms with van der Waals surface area (Å²) in [6, 6.07) is 10.0. The van der Waals surface area contributed by atoms with E-state index in [-0.39, 0.29) is 21.7 Å². The summed E-state index contributed by atoms with van der Waals surface area (Å²) in [7, 11) is -3.96. The fourth-order valence-electron chi connectivity index (χ4n) is 1.69. The second-order valence-corrected chi connectivity index (χ2v) is 6.00. The molecule has 0 unspecified atom stereocenters. The summed E-state index contributed by atoms with van der Waals surface area (Å²) < 4.78 is 26.6. The number of carbonyl (C=O) groups is 2. The molecule has 0 aliphatic carbocycles. The molecule has 0 aliphatic heterocycles. The Morgan fingerprint density at radius 2 is 1.45 bits per heavy atom. The lowest BCUT2D eigenvalue weighted by Gasteiger charge is -2.08. The predicted molar refractivity (Wildman–Crippen MR) is 77.6 cm³/mol. The molecule has 0 spiro atoms. The van der Waals surface area contributed by atoms with Crippen LogP contribution in [0.4, 0.5) is 5.69 Å². The minimum absolute atomic E-state index is 0.0239. The van der Waals surface area contributed by atoms with Gasteiger partial charge in [-0.3, -0.25) is 4.72 Å². The number of aromatic carboxylic acids is 2. The van der Waals surface area contributed by atoms with Crippen LogP contribution in [0.3, 0.4) is 0 Å². The summed E-state index contributed by atoms with van der Waals surface area (Å²) in [6.45, 7) is 0. The third kappa shape index (κ3) is 3.41. The summed E-state index contributed by atoms with van der Waals surface area (Å²) >= 11 is 0. The Morgan fingerprint density at radius 3 is 2.00 bits per heavy atom. The summed E-state index contributed by atoms with van der Waals surface area (Å²) in [4.78, 5) is 21.4. The lowest BCUT2D eigenvalue weighted by Crippen LogP contribution is -2.13. The number of hydrogen-bond donors (Lipinski definition) is 3. The van der Waals surface area contributed by atoms with Crippen LogP contribution in [0.5, 0.6) is 0 Å². The maximum absolute atomic E-state index is 12.2. The minimum Gasteiger partial charge on any atom is -0.478 e. The molecule has 0 bridgehead atoms. The van der Waals surface area contributed by atoms with E-state index in [9.17, 15) is 18.0 Å². The molecule has 0 amide bonds. The second-order valence-electron chi connectivity index (χ2n) is 4.32. The molecule has 0 aromatic heterocycles. The van der Waals surface area contributed by atoms with E-state index in [1.807, 2.05) is 0 Å². The van der Waals surface area contributed by atoms with Crippen molar-refractivity contribution in [3.63, 3.8) is 0 Å². The van der Waals surface area contributed by atoms with E-state index in [0.717, 1.165) is 6.07 Å². The van der Waals surface area contributed by atoms with E-state index < -0.39 is 22.0 Å². The van der Waals surface area contributed by atoms with E-state index in [4.69, 9.17) is 10.2 Å². The van der Waals surface area contributed by atoms with Gasteiger partial charge in [0.15, 0.2) is 0 Å². The summed E-state index contributed by atoms with van der Waals surface area (Å²) in [5.41, 5.74) is 0.0469. The van der Waals surface area contributed by atoms with E-state index in [1.165, 1.54) is 42.5 Å². The van der Waals surface area contributed by atoms with Gasteiger partial charge in [0.25, 0.3) is 10.0 Å². The molecule has 22 heavy (non-hydrogen) atoms. The van der Waals surface area contributed by atoms with Gasteiger partial charge >= 0.3 is 11.9 Å². The maximum Gasteiger partial charge on any atom is 0.335 e. The average Bonchev–Trinajstić information content (AvgIpc) is 2.47. The number of nitrogens with one attached hydrogen (secondary N) is 1. The van der Waals surface area contributed by atoms with E-state index in [0.29, 0.717) is 0 Å². The van der Waals surface area contributed by atoms with E-state index >= 15 is 0 Å². The Kier molecular flexibility index (Phi) is 4.13. The van der Waals surface area contributed by atoms with Crippen molar-refractivity contribution in [3.05, 3.63) is 59.7 Å².